The standard InChI is InChI=1S/C12H19NO2/c1-9(13)12(6-7-14)5-2-3-11-10(12)4-8-15-11/h4,8-9,14H,2-3,5-7,13H2,1H3. The largest absolute Gasteiger partial charge is 0.469 e. The molecule has 0 saturated carbocycles. The molecule has 1 aromatic heterocycles. The first-order chi connectivity index (χ1) is 7.20. The Morgan fingerprint density at radius 2 is 2.47 bits per heavy atom. The van der Waals surface area contributed by atoms with Gasteiger partial charge in [-0.3, -0.25) is 0 Å². The normalized spacial score (nSPS) is 27.4. The van der Waals surface area contributed by atoms with Crippen LogP contribution in [0.3, 0.4) is 0 Å². The Hall–Kier alpha value is -0.800. The Balaban J connectivity index is 2.42. The van der Waals surface area contributed by atoms with Gasteiger partial charge in [0.25, 0.3) is 0 Å². The van der Waals surface area contributed by atoms with Crippen molar-refractivity contribution in [1.29, 1.82) is 0 Å². The number of aliphatic hydroxyl groups is 1. The molecular formula is C12H19NO2. The number of rotatable bonds is 3. The molecule has 0 spiro atoms. The molecule has 0 saturated heterocycles. The van der Waals surface area contributed by atoms with Gasteiger partial charge < -0.3 is 15.3 Å². The van der Waals surface area contributed by atoms with Crippen LogP contribution in [0.4, 0.5) is 0 Å². The highest BCUT2D eigenvalue weighted by molar-refractivity contribution is 5.32. The lowest BCUT2D eigenvalue weighted by Gasteiger charge is -2.40. The Kier molecular flexibility index (Phi) is 2.85. The molecule has 15 heavy (non-hydrogen) atoms. The second kappa shape index (κ2) is 3.99. The monoisotopic (exact) mass is 209 g/mol. The summed E-state index contributed by atoms with van der Waals surface area (Å²) >= 11 is 0. The van der Waals surface area contributed by atoms with Gasteiger partial charge >= 0.3 is 0 Å². The Morgan fingerprint density at radius 1 is 1.67 bits per heavy atom. The molecule has 1 aliphatic carbocycles. The van der Waals surface area contributed by atoms with Crippen LogP contribution in [0.2, 0.25) is 0 Å². The first-order valence-corrected chi connectivity index (χ1v) is 5.64. The van der Waals surface area contributed by atoms with Crippen LogP contribution in [0.15, 0.2) is 16.7 Å². The fourth-order valence-corrected chi connectivity index (χ4v) is 2.84. The van der Waals surface area contributed by atoms with Crippen LogP contribution < -0.4 is 5.73 Å². The van der Waals surface area contributed by atoms with Gasteiger partial charge in [-0.1, -0.05) is 0 Å². The molecule has 2 unspecified atom stereocenters. The third-order valence-electron chi connectivity index (χ3n) is 3.74. The van der Waals surface area contributed by atoms with E-state index in [2.05, 4.69) is 0 Å². The van der Waals surface area contributed by atoms with Crippen molar-refractivity contribution in [2.24, 2.45) is 5.73 Å². The zero-order valence-electron chi connectivity index (χ0n) is 9.20. The molecule has 1 aromatic rings. The molecule has 0 radical (unpaired) electrons. The Morgan fingerprint density at radius 3 is 3.13 bits per heavy atom. The van der Waals surface area contributed by atoms with Crippen molar-refractivity contribution in [3.63, 3.8) is 0 Å². The lowest BCUT2D eigenvalue weighted by atomic mass is 9.66. The summed E-state index contributed by atoms with van der Waals surface area (Å²) < 4.78 is 5.47. The van der Waals surface area contributed by atoms with Gasteiger partial charge in [0, 0.05) is 30.0 Å². The maximum atomic E-state index is 9.21. The van der Waals surface area contributed by atoms with Crippen LogP contribution in [0.5, 0.6) is 0 Å². The molecule has 0 aliphatic heterocycles. The molecule has 0 fully saturated rings. The minimum Gasteiger partial charge on any atom is -0.469 e. The van der Waals surface area contributed by atoms with Crippen LogP contribution in [0.1, 0.15) is 37.5 Å². The molecule has 3 nitrogen and oxygen atoms in total. The highest BCUT2D eigenvalue weighted by Gasteiger charge is 2.40. The van der Waals surface area contributed by atoms with Crippen molar-refractivity contribution < 1.29 is 9.52 Å². The smallest absolute Gasteiger partial charge is 0.107 e. The molecule has 0 bridgehead atoms. The molecule has 2 atom stereocenters. The van der Waals surface area contributed by atoms with Gasteiger partial charge in [0.15, 0.2) is 0 Å². The van der Waals surface area contributed by atoms with Crippen LogP contribution in [-0.2, 0) is 11.8 Å². The van der Waals surface area contributed by atoms with Crippen molar-refractivity contribution in [3.05, 3.63) is 23.7 Å². The lowest BCUT2D eigenvalue weighted by molar-refractivity contribution is 0.196. The minimum absolute atomic E-state index is 0.0568. The minimum atomic E-state index is -0.0741. The van der Waals surface area contributed by atoms with Crippen molar-refractivity contribution in [2.45, 2.75) is 44.1 Å². The third-order valence-corrected chi connectivity index (χ3v) is 3.74. The summed E-state index contributed by atoms with van der Waals surface area (Å²) in [5, 5.41) is 9.21. The molecule has 2 rings (SSSR count). The maximum absolute atomic E-state index is 9.21. The highest BCUT2D eigenvalue weighted by atomic mass is 16.3. The molecule has 1 aliphatic rings. The van der Waals surface area contributed by atoms with Gasteiger partial charge in [-0.25, -0.2) is 0 Å². The zero-order chi connectivity index (χ0) is 10.9. The summed E-state index contributed by atoms with van der Waals surface area (Å²) in [6, 6.07) is 2.08. The third kappa shape index (κ3) is 1.60. The van der Waals surface area contributed by atoms with Crippen molar-refractivity contribution in [1.82, 2.24) is 0 Å². The summed E-state index contributed by atoms with van der Waals surface area (Å²) in [6.45, 7) is 2.21. The second-order valence-corrected chi connectivity index (χ2v) is 4.53. The van der Waals surface area contributed by atoms with Gasteiger partial charge in [-0.15, -0.1) is 0 Å². The summed E-state index contributed by atoms with van der Waals surface area (Å²) in [6.07, 6.45) is 5.63. The summed E-state index contributed by atoms with van der Waals surface area (Å²) in [7, 11) is 0. The fraction of sp³-hybridized carbons (Fsp3) is 0.667. The van der Waals surface area contributed by atoms with E-state index in [9.17, 15) is 5.11 Å². The van der Waals surface area contributed by atoms with E-state index >= 15 is 0 Å². The van der Waals surface area contributed by atoms with E-state index < -0.39 is 0 Å². The van der Waals surface area contributed by atoms with E-state index in [4.69, 9.17) is 10.2 Å². The van der Waals surface area contributed by atoms with Crippen LogP contribution >= 0.6 is 0 Å². The van der Waals surface area contributed by atoms with Gasteiger partial charge in [-0.05, 0) is 32.3 Å². The average Bonchev–Trinajstić information content (AvgIpc) is 2.66. The van der Waals surface area contributed by atoms with Gasteiger partial charge in [0.05, 0.1) is 6.26 Å². The van der Waals surface area contributed by atoms with E-state index in [-0.39, 0.29) is 18.1 Å². The lowest BCUT2D eigenvalue weighted by Crippen LogP contribution is -2.46. The molecule has 0 amide bonds. The zero-order valence-corrected chi connectivity index (χ0v) is 9.20. The molecule has 3 N–H and O–H groups in total. The highest BCUT2D eigenvalue weighted by Crippen LogP contribution is 2.42. The number of hydrogen-bond acceptors (Lipinski definition) is 3. The predicted octanol–water partition coefficient (Wildman–Crippen LogP) is 1.58. The average molecular weight is 209 g/mol. The van der Waals surface area contributed by atoms with Crippen LogP contribution in [0, 0.1) is 0 Å². The maximum Gasteiger partial charge on any atom is 0.107 e. The molecule has 84 valence electrons. The van der Waals surface area contributed by atoms with E-state index in [0.29, 0.717) is 0 Å². The summed E-state index contributed by atoms with van der Waals surface area (Å²) in [4.78, 5) is 0. The predicted molar refractivity (Wildman–Crippen MR) is 58.7 cm³/mol. The fourth-order valence-electron chi connectivity index (χ4n) is 2.84. The first-order valence-electron chi connectivity index (χ1n) is 5.64. The van der Waals surface area contributed by atoms with Gasteiger partial charge in [-0.2, -0.15) is 0 Å². The topological polar surface area (TPSA) is 59.4 Å². The summed E-state index contributed by atoms with van der Waals surface area (Å²) in [5.41, 5.74) is 7.26. The number of aryl methyl sites for hydroxylation is 1. The molecular weight excluding hydrogens is 190 g/mol. The number of aliphatic hydroxyl groups excluding tert-OH is 1. The van der Waals surface area contributed by atoms with Crippen LogP contribution in [0.25, 0.3) is 0 Å². The van der Waals surface area contributed by atoms with Gasteiger partial charge in [0.2, 0.25) is 0 Å². The summed E-state index contributed by atoms with van der Waals surface area (Å²) in [5.74, 6) is 1.06. The first kappa shape index (κ1) is 10.7. The van der Waals surface area contributed by atoms with Crippen molar-refractivity contribution in [3.8, 4) is 0 Å². The van der Waals surface area contributed by atoms with E-state index in [0.717, 1.165) is 31.4 Å². The van der Waals surface area contributed by atoms with Crippen molar-refractivity contribution in [2.75, 3.05) is 6.61 Å². The van der Waals surface area contributed by atoms with E-state index in [1.54, 1.807) is 6.26 Å². The second-order valence-electron chi connectivity index (χ2n) is 4.53. The molecule has 0 aromatic carbocycles. The molecule has 1 heterocycles. The Labute approximate surface area is 90.3 Å². The number of fused-ring (bicyclic) bond motifs is 1. The van der Waals surface area contributed by atoms with E-state index in [1.165, 1.54) is 5.56 Å². The van der Waals surface area contributed by atoms with Gasteiger partial charge in [0.1, 0.15) is 5.76 Å². The Bertz CT molecular complexity index is 332. The van der Waals surface area contributed by atoms with Crippen molar-refractivity contribution >= 4 is 0 Å². The van der Waals surface area contributed by atoms with Crippen LogP contribution in [-0.4, -0.2) is 17.8 Å². The number of furan rings is 1. The SMILES string of the molecule is CC(N)C1(CCO)CCCc2occc21. The number of nitrogens with two attached hydrogens (primary N) is 1. The number of hydrogen-bond donors (Lipinski definition) is 2. The molecule has 3 heteroatoms. The quantitative estimate of drug-likeness (QED) is 0.794. The van der Waals surface area contributed by atoms with E-state index in [1.807, 2.05) is 13.0 Å².